The number of carbonyl (C=O) groups is 1. The maximum Gasteiger partial charge on any atom is 0.214 e. The number of hydrogen-bond donors (Lipinski definition) is 1. The molecule has 25 heavy (non-hydrogen) atoms. The molecule has 2 rings (SSSR count). The molecule has 0 fully saturated rings. The highest BCUT2D eigenvalue weighted by Gasteiger charge is 2.14. The summed E-state index contributed by atoms with van der Waals surface area (Å²) in [5.74, 6) is 0. The minimum absolute atomic E-state index is 0. The Morgan fingerprint density at radius 3 is 1.72 bits per heavy atom. The fourth-order valence-corrected chi connectivity index (χ4v) is 3.70. The Kier molecular flexibility index (Phi) is 7.65. The zero-order valence-corrected chi connectivity index (χ0v) is 16.9. The molecule has 136 valence electrons. The standard InChI is InChI=1S/C21H28N2O.ClH/c1-14-9-16(3)20(17(4)10-14)22-7-8-23(13-24)21-18(5)11-15(2)12-19(21)6;/h9-13,22H,7-8H2,1-6H3;1H. The van der Waals surface area contributed by atoms with Crippen LogP contribution in [0.4, 0.5) is 11.4 Å². The molecule has 4 heteroatoms. The molecule has 0 aliphatic carbocycles. The lowest BCUT2D eigenvalue weighted by Gasteiger charge is -2.22. The summed E-state index contributed by atoms with van der Waals surface area (Å²) in [7, 11) is 0. The van der Waals surface area contributed by atoms with Gasteiger partial charge in [0.25, 0.3) is 0 Å². The van der Waals surface area contributed by atoms with Gasteiger partial charge in [0.2, 0.25) is 6.41 Å². The highest BCUT2D eigenvalue weighted by Crippen LogP contribution is 2.25. The topological polar surface area (TPSA) is 36.9 Å². The van der Waals surface area contributed by atoms with E-state index in [9.17, 15) is 4.79 Å². The number of nitrogens with zero attached hydrogens (tertiary/aromatic N) is 1. The molecule has 0 aliphatic rings. The van der Waals surface area contributed by atoms with Gasteiger partial charge < -0.3 is 22.6 Å². The summed E-state index contributed by atoms with van der Waals surface area (Å²) < 4.78 is 0. The number of aryl methyl sites for hydroxylation is 6. The van der Waals surface area contributed by atoms with Crippen LogP contribution >= 0.6 is 0 Å². The first-order chi connectivity index (χ1) is 11.3. The Labute approximate surface area is 157 Å². The van der Waals surface area contributed by atoms with Gasteiger partial charge in [-0.25, -0.2) is 0 Å². The van der Waals surface area contributed by atoms with Crippen LogP contribution in [0.5, 0.6) is 0 Å². The Hall–Kier alpha value is -1.84. The third-order valence-electron chi connectivity index (χ3n) is 4.51. The summed E-state index contributed by atoms with van der Waals surface area (Å²) in [5.41, 5.74) is 9.77. The van der Waals surface area contributed by atoms with Crippen molar-refractivity contribution in [3.8, 4) is 0 Å². The van der Waals surface area contributed by atoms with Crippen LogP contribution in [0.15, 0.2) is 24.3 Å². The lowest BCUT2D eigenvalue weighted by Crippen LogP contribution is -3.00. The second-order valence-electron chi connectivity index (χ2n) is 6.85. The van der Waals surface area contributed by atoms with Crippen LogP contribution in [0.3, 0.4) is 0 Å². The van der Waals surface area contributed by atoms with E-state index < -0.39 is 0 Å². The van der Waals surface area contributed by atoms with Gasteiger partial charge >= 0.3 is 0 Å². The first kappa shape index (κ1) is 21.2. The third-order valence-corrected chi connectivity index (χ3v) is 4.51. The van der Waals surface area contributed by atoms with Crippen molar-refractivity contribution < 1.29 is 22.5 Å². The summed E-state index contributed by atoms with van der Waals surface area (Å²) in [6, 6.07) is 8.70. The molecule has 0 radical (unpaired) electrons. The number of hydrogen-bond acceptors (Lipinski definition) is 1. The number of amides is 1. The van der Waals surface area contributed by atoms with Gasteiger partial charge in [0.15, 0.2) is 0 Å². The molecule has 0 unspecified atom stereocenters. The number of quaternary nitrogens is 1. The number of benzene rings is 2. The van der Waals surface area contributed by atoms with E-state index in [1.54, 1.807) is 0 Å². The monoisotopic (exact) mass is 360 g/mol. The van der Waals surface area contributed by atoms with Gasteiger partial charge in [-0.3, -0.25) is 4.79 Å². The average molecular weight is 361 g/mol. The molecule has 0 saturated heterocycles. The Morgan fingerprint density at radius 1 is 0.840 bits per heavy atom. The van der Waals surface area contributed by atoms with Crippen molar-refractivity contribution in [2.24, 2.45) is 0 Å². The van der Waals surface area contributed by atoms with Crippen molar-refractivity contribution in [3.05, 3.63) is 57.6 Å². The summed E-state index contributed by atoms with van der Waals surface area (Å²) in [4.78, 5) is 13.5. The normalized spacial score (nSPS) is 10.3. The lowest BCUT2D eigenvalue weighted by molar-refractivity contribution is -0.569. The molecule has 0 atom stereocenters. The number of rotatable bonds is 6. The molecule has 0 bridgehead atoms. The molecular formula is C21H29ClN2O. The summed E-state index contributed by atoms with van der Waals surface area (Å²) in [5, 5.41) is 2.25. The van der Waals surface area contributed by atoms with Crippen molar-refractivity contribution in [2.45, 2.75) is 41.5 Å². The number of nitrogens with two attached hydrogens (primary N) is 1. The second-order valence-corrected chi connectivity index (χ2v) is 6.85. The van der Waals surface area contributed by atoms with Crippen molar-refractivity contribution >= 4 is 17.8 Å². The minimum atomic E-state index is 0. The smallest absolute Gasteiger partial charge is 0.214 e. The number of anilines is 1. The quantitative estimate of drug-likeness (QED) is 0.587. The molecule has 2 N–H and O–H groups in total. The van der Waals surface area contributed by atoms with E-state index in [4.69, 9.17) is 0 Å². The Morgan fingerprint density at radius 2 is 1.28 bits per heavy atom. The van der Waals surface area contributed by atoms with E-state index in [1.165, 1.54) is 27.9 Å². The first-order valence-corrected chi connectivity index (χ1v) is 8.54. The average Bonchev–Trinajstić information content (AvgIpc) is 2.46. The fourth-order valence-electron chi connectivity index (χ4n) is 3.70. The van der Waals surface area contributed by atoms with Gasteiger partial charge in [0.1, 0.15) is 5.69 Å². The maximum absolute atomic E-state index is 11.6. The van der Waals surface area contributed by atoms with Crippen LogP contribution in [0, 0.1) is 41.5 Å². The lowest BCUT2D eigenvalue weighted by atomic mass is 10.0. The van der Waals surface area contributed by atoms with E-state index >= 15 is 0 Å². The molecule has 0 heterocycles. The van der Waals surface area contributed by atoms with Crippen molar-refractivity contribution in [2.75, 3.05) is 18.0 Å². The maximum atomic E-state index is 11.6. The Balaban J connectivity index is 0.00000312. The van der Waals surface area contributed by atoms with Crippen LogP contribution in [0.25, 0.3) is 0 Å². The van der Waals surface area contributed by atoms with E-state index in [0.29, 0.717) is 6.54 Å². The van der Waals surface area contributed by atoms with Crippen LogP contribution in [0.1, 0.15) is 33.4 Å². The van der Waals surface area contributed by atoms with Crippen molar-refractivity contribution in [1.29, 1.82) is 0 Å². The highest BCUT2D eigenvalue weighted by atomic mass is 35.5. The van der Waals surface area contributed by atoms with Gasteiger partial charge in [0.05, 0.1) is 13.1 Å². The predicted octanol–water partition coefficient (Wildman–Crippen LogP) is 0.399. The van der Waals surface area contributed by atoms with E-state index in [2.05, 4.69) is 71.1 Å². The van der Waals surface area contributed by atoms with Gasteiger partial charge in [0, 0.05) is 16.8 Å². The zero-order valence-electron chi connectivity index (χ0n) is 16.1. The number of halogens is 1. The zero-order chi connectivity index (χ0) is 17.9. The van der Waals surface area contributed by atoms with Gasteiger partial charge in [-0.1, -0.05) is 35.4 Å². The Bertz CT molecular complexity index is 710. The molecular weight excluding hydrogens is 332 g/mol. The van der Waals surface area contributed by atoms with Gasteiger partial charge in [-0.15, -0.1) is 0 Å². The molecule has 0 aromatic heterocycles. The van der Waals surface area contributed by atoms with E-state index in [1.807, 2.05) is 4.90 Å². The summed E-state index contributed by atoms with van der Waals surface area (Å²) >= 11 is 0. The molecule has 0 aliphatic heterocycles. The van der Waals surface area contributed by atoms with Crippen molar-refractivity contribution in [1.82, 2.24) is 0 Å². The summed E-state index contributed by atoms with van der Waals surface area (Å²) in [6.07, 6.45) is 0.952. The molecule has 0 spiro atoms. The van der Waals surface area contributed by atoms with Gasteiger partial charge in [-0.05, 0) is 52.7 Å². The van der Waals surface area contributed by atoms with E-state index in [0.717, 1.165) is 29.8 Å². The third kappa shape index (κ3) is 5.07. The summed E-state index contributed by atoms with van der Waals surface area (Å²) in [6.45, 7) is 14.2. The predicted molar refractivity (Wildman–Crippen MR) is 101 cm³/mol. The molecule has 1 amide bonds. The second kappa shape index (κ2) is 9.02. The van der Waals surface area contributed by atoms with Gasteiger partial charge in [-0.2, -0.15) is 0 Å². The SMILES string of the molecule is Cc1cc(C)c([NH2+]CCN(C=O)c2c(C)cc(C)cc2C)c(C)c1.[Cl-]. The molecule has 3 nitrogen and oxygen atoms in total. The van der Waals surface area contributed by atoms with Crippen LogP contribution in [-0.4, -0.2) is 19.5 Å². The van der Waals surface area contributed by atoms with Crippen LogP contribution < -0.4 is 22.6 Å². The number of carbonyl (C=O) groups excluding carboxylic acids is 1. The highest BCUT2D eigenvalue weighted by molar-refractivity contribution is 5.79. The minimum Gasteiger partial charge on any atom is -1.00 e. The first-order valence-electron chi connectivity index (χ1n) is 8.54. The van der Waals surface area contributed by atoms with Crippen LogP contribution in [0.2, 0.25) is 0 Å². The molecule has 2 aromatic rings. The van der Waals surface area contributed by atoms with Crippen molar-refractivity contribution in [3.63, 3.8) is 0 Å². The largest absolute Gasteiger partial charge is 1.00 e. The van der Waals surface area contributed by atoms with E-state index in [-0.39, 0.29) is 12.4 Å². The van der Waals surface area contributed by atoms with Crippen LogP contribution in [-0.2, 0) is 4.79 Å². The molecule has 0 saturated carbocycles. The fraction of sp³-hybridized carbons (Fsp3) is 0.381. The molecule has 2 aromatic carbocycles.